The SMILES string of the molecule is C=C(CNC1CC1)CN1CCC(O)C(C)C1. The highest BCUT2D eigenvalue weighted by atomic mass is 16.3. The number of likely N-dealkylation sites (tertiary alicyclic amines) is 1. The number of hydrogen-bond donors (Lipinski definition) is 2. The van der Waals surface area contributed by atoms with Gasteiger partial charge in [0.25, 0.3) is 0 Å². The molecule has 2 atom stereocenters. The Balaban J connectivity index is 1.65. The van der Waals surface area contributed by atoms with Crippen molar-refractivity contribution in [3.05, 3.63) is 12.2 Å². The molecule has 92 valence electrons. The van der Waals surface area contributed by atoms with E-state index in [0.29, 0.717) is 5.92 Å². The van der Waals surface area contributed by atoms with Gasteiger partial charge in [-0.05, 0) is 30.8 Å². The Bertz CT molecular complexity index is 250. The zero-order valence-corrected chi connectivity index (χ0v) is 10.3. The molecule has 2 N–H and O–H groups in total. The van der Waals surface area contributed by atoms with Gasteiger partial charge in [0.05, 0.1) is 6.10 Å². The number of hydrogen-bond acceptors (Lipinski definition) is 3. The summed E-state index contributed by atoms with van der Waals surface area (Å²) in [6.07, 6.45) is 3.47. The Labute approximate surface area is 98.5 Å². The molecule has 2 aliphatic rings. The summed E-state index contributed by atoms with van der Waals surface area (Å²) >= 11 is 0. The van der Waals surface area contributed by atoms with Crippen LogP contribution in [-0.2, 0) is 0 Å². The van der Waals surface area contributed by atoms with Crippen LogP contribution in [0.1, 0.15) is 26.2 Å². The Hall–Kier alpha value is -0.380. The fourth-order valence-corrected chi connectivity index (χ4v) is 2.31. The molecule has 1 aliphatic carbocycles. The summed E-state index contributed by atoms with van der Waals surface area (Å²) in [6, 6.07) is 0.763. The van der Waals surface area contributed by atoms with E-state index in [4.69, 9.17) is 0 Å². The summed E-state index contributed by atoms with van der Waals surface area (Å²) in [4.78, 5) is 2.41. The fraction of sp³-hybridized carbons (Fsp3) is 0.846. The topological polar surface area (TPSA) is 35.5 Å². The normalized spacial score (nSPS) is 31.6. The second kappa shape index (κ2) is 5.30. The molecule has 0 aromatic carbocycles. The maximum Gasteiger partial charge on any atom is 0.0590 e. The van der Waals surface area contributed by atoms with Crippen LogP contribution in [0.2, 0.25) is 0 Å². The molecule has 0 amide bonds. The number of aliphatic hydroxyl groups excluding tert-OH is 1. The molecule has 0 spiro atoms. The van der Waals surface area contributed by atoms with E-state index in [0.717, 1.165) is 38.6 Å². The van der Waals surface area contributed by atoms with E-state index < -0.39 is 0 Å². The van der Waals surface area contributed by atoms with Crippen molar-refractivity contribution in [1.29, 1.82) is 0 Å². The maximum atomic E-state index is 9.65. The molecule has 1 heterocycles. The summed E-state index contributed by atoms with van der Waals surface area (Å²) in [7, 11) is 0. The number of nitrogens with zero attached hydrogens (tertiary/aromatic N) is 1. The summed E-state index contributed by atoms with van der Waals surface area (Å²) in [5, 5.41) is 13.1. The summed E-state index contributed by atoms with van der Waals surface area (Å²) < 4.78 is 0. The Morgan fingerprint density at radius 2 is 2.19 bits per heavy atom. The lowest BCUT2D eigenvalue weighted by Crippen LogP contribution is -2.43. The van der Waals surface area contributed by atoms with E-state index in [9.17, 15) is 5.11 Å². The number of rotatable bonds is 5. The molecule has 0 aromatic rings. The quantitative estimate of drug-likeness (QED) is 0.684. The van der Waals surface area contributed by atoms with Gasteiger partial charge in [-0.3, -0.25) is 4.90 Å². The molecule has 2 fully saturated rings. The van der Waals surface area contributed by atoms with Crippen molar-refractivity contribution in [2.45, 2.75) is 38.3 Å². The Morgan fingerprint density at radius 3 is 2.81 bits per heavy atom. The largest absolute Gasteiger partial charge is 0.393 e. The second-order valence-electron chi connectivity index (χ2n) is 5.47. The smallest absolute Gasteiger partial charge is 0.0590 e. The van der Waals surface area contributed by atoms with Crippen LogP contribution in [0, 0.1) is 5.92 Å². The van der Waals surface area contributed by atoms with Gasteiger partial charge in [0.15, 0.2) is 0 Å². The van der Waals surface area contributed by atoms with Crippen molar-refractivity contribution in [3.8, 4) is 0 Å². The van der Waals surface area contributed by atoms with Gasteiger partial charge in [0, 0.05) is 32.2 Å². The third kappa shape index (κ3) is 3.58. The average Bonchev–Trinajstić information content (AvgIpc) is 3.04. The minimum atomic E-state index is -0.103. The number of aliphatic hydroxyl groups is 1. The molecule has 0 radical (unpaired) electrons. The highest BCUT2D eigenvalue weighted by Gasteiger charge is 2.24. The monoisotopic (exact) mass is 224 g/mol. The van der Waals surface area contributed by atoms with Crippen LogP contribution in [0.15, 0.2) is 12.2 Å². The van der Waals surface area contributed by atoms with Crippen LogP contribution in [0.25, 0.3) is 0 Å². The number of piperidine rings is 1. The van der Waals surface area contributed by atoms with Gasteiger partial charge in [-0.1, -0.05) is 13.5 Å². The molecule has 2 rings (SSSR count). The van der Waals surface area contributed by atoms with Crippen LogP contribution < -0.4 is 5.32 Å². The van der Waals surface area contributed by atoms with Gasteiger partial charge < -0.3 is 10.4 Å². The van der Waals surface area contributed by atoms with Crippen molar-refractivity contribution < 1.29 is 5.11 Å². The van der Waals surface area contributed by atoms with E-state index in [1.807, 2.05) is 0 Å². The summed E-state index contributed by atoms with van der Waals surface area (Å²) in [5.41, 5.74) is 1.27. The Morgan fingerprint density at radius 1 is 1.44 bits per heavy atom. The predicted octanol–water partition coefficient (Wildman–Crippen LogP) is 0.997. The van der Waals surface area contributed by atoms with Crippen LogP contribution in [-0.4, -0.2) is 48.3 Å². The number of nitrogens with one attached hydrogen (secondary N) is 1. The molecule has 3 heteroatoms. The van der Waals surface area contributed by atoms with E-state index in [2.05, 4.69) is 23.7 Å². The van der Waals surface area contributed by atoms with Gasteiger partial charge in [-0.2, -0.15) is 0 Å². The van der Waals surface area contributed by atoms with Crippen LogP contribution in [0.3, 0.4) is 0 Å². The first-order valence-electron chi connectivity index (χ1n) is 6.45. The molecule has 3 nitrogen and oxygen atoms in total. The highest BCUT2D eigenvalue weighted by Crippen LogP contribution is 2.19. The first kappa shape index (κ1) is 12.1. The molecule has 0 bridgehead atoms. The molecule has 1 aliphatic heterocycles. The Kier molecular flexibility index (Phi) is 4.00. The van der Waals surface area contributed by atoms with Crippen molar-refractivity contribution in [2.24, 2.45) is 5.92 Å². The van der Waals surface area contributed by atoms with E-state index in [1.54, 1.807) is 0 Å². The van der Waals surface area contributed by atoms with Crippen molar-refractivity contribution in [3.63, 3.8) is 0 Å². The van der Waals surface area contributed by atoms with Crippen LogP contribution in [0.4, 0.5) is 0 Å². The third-order valence-electron chi connectivity index (χ3n) is 3.61. The van der Waals surface area contributed by atoms with Crippen molar-refractivity contribution in [1.82, 2.24) is 10.2 Å². The second-order valence-corrected chi connectivity index (χ2v) is 5.47. The van der Waals surface area contributed by atoms with E-state index in [-0.39, 0.29) is 6.10 Å². The molecule has 16 heavy (non-hydrogen) atoms. The zero-order valence-electron chi connectivity index (χ0n) is 10.3. The lowest BCUT2D eigenvalue weighted by atomic mass is 9.96. The van der Waals surface area contributed by atoms with Gasteiger partial charge >= 0.3 is 0 Å². The van der Waals surface area contributed by atoms with Crippen molar-refractivity contribution in [2.75, 3.05) is 26.2 Å². The minimum absolute atomic E-state index is 0.103. The first-order valence-corrected chi connectivity index (χ1v) is 6.45. The molecular formula is C13H24N2O. The van der Waals surface area contributed by atoms with Gasteiger partial charge in [0.1, 0.15) is 0 Å². The predicted molar refractivity (Wildman–Crippen MR) is 66.4 cm³/mol. The summed E-state index contributed by atoms with van der Waals surface area (Å²) in [6.45, 7) is 10.2. The third-order valence-corrected chi connectivity index (χ3v) is 3.61. The maximum absolute atomic E-state index is 9.65. The average molecular weight is 224 g/mol. The van der Waals surface area contributed by atoms with Gasteiger partial charge in [0.2, 0.25) is 0 Å². The molecule has 2 unspecified atom stereocenters. The lowest BCUT2D eigenvalue weighted by Gasteiger charge is -2.34. The lowest BCUT2D eigenvalue weighted by molar-refractivity contribution is 0.0385. The summed E-state index contributed by atoms with van der Waals surface area (Å²) in [5.74, 6) is 0.401. The van der Waals surface area contributed by atoms with E-state index >= 15 is 0 Å². The van der Waals surface area contributed by atoms with Crippen LogP contribution in [0.5, 0.6) is 0 Å². The molecule has 1 saturated heterocycles. The fourth-order valence-electron chi connectivity index (χ4n) is 2.31. The zero-order chi connectivity index (χ0) is 11.5. The highest BCUT2D eigenvalue weighted by molar-refractivity contribution is 5.02. The molecule has 1 saturated carbocycles. The van der Waals surface area contributed by atoms with Gasteiger partial charge in [-0.25, -0.2) is 0 Å². The van der Waals surface area contributed by atoms with E-state index in [1.165, 1.54) is 18.4 Å². The van der Waals surface area contributed by atoms with Crippen molar-refractivity contribution >= 4 is 0 Å². The van der Waals surface area contributed by atoms with Gasteiger partial charge in [-0.15, -0.1) is 0 Å². The minimum Gasteiger partial charge on any atom is -0.393 e. The molecule has 0 aromatic heterocycles. The van der Waals surface area contributed by atoms with Crippen LogP contribution >= 0.6 is 0 Å². The standard InChI is InChI=1S/C13H24N2O/c1-10(7-14-12-3-4-12)8-15-6-5-13(16)11(2)9-15/h11-14,16H,1,3-9H2,2H3. The first-order chi connectivity index (χ1) is 7.65. The molecular weight excluding hydrogens is 200 g/mol.